The maximum absolute atomic E-state index is 4.21. The Labute approximate surface area is 88.6 Å². The zero-order chi connectivity index (χ0) is 9.97. The quantitative estimate of drug-likeness (QED) is 0.595. The number of rotatable bonds is 3. The van der Waals surface area contributed by atoms with E-state index in [1.807, 2.05) is 13.1 Å². The van der Waals surface area contributed by atoms with Gasteiger partial charge in [-0.25, -0.2) is 4.98 Å². The van der Waals surface area contributed by atoms with Crippen molar-refractivity contribution in [1.82, 2.24) is 14.9 Å². The molecule has 0 radical (unpaired) electrons. The molecule has 0 aliphatic rings. The molecule has 2 rings (SSSR count). The van der Waals surface area contributed by atoms with E-state index in [0.717, 1.165) is 23.5 Å². The maximum Gasteiger partial charge on any atom is 0.0931 e. The minimum absolute atomic E-state index is 0.765. The van der Waals surface area contributed by atoms with Crippen molar-refractivity contribution in [2.24, 2.45) is 0 Å². The van der Waals surface area contributed by atoms with Gasteiger partial charge in [-0.15, -0.1) is 0 Å². The molecule has 4 heteroatoms. The fourth-order valence-electron chi connectivity index (χ4n) is 1.44. The molecule has 74 valence electrons. The zero-order valence-electron chi connectivity index (χ0n) is 8.07. The summed E-state index contributed by atoms with van der Waals surface area (Å²) < 4.78 is 0. The van der Waals surface area contributed by atoms with Crippen LogP contribution in [0.4, 0.5) is 0 Å². The highest BCUT2D eigenvalue weighted by atomic mass is 32.1. The van der Waals surface area contributed by atoms with Gasteiger partial charge in [-0.05, 0) is 24.7 Å². The number of fused-ring (bicyclic) bond motifs is 1. The first kappa shape index (κ1) is 9.55. The Hall–Kier alpha value is -1.00. The lowest BCUT2D eigenvalue weighted by Gasteiger charge is -2.12. The van der Waals surface area contributed by atoms with E-state index >= 15 is 0 Å². The number of nitrogens with zero attached hydrogens (tertiary/aromatic N) is 2. The Morgan fingerprint density at radius 3 is 3.14 bits per heavy atom. The summed E-state index contributed by atoms with van der Waals surface area (Å²) in [4.78, 5) is 9.42. The van der Waals surface area contributed by atoms with Crippen molar-refractivity contribution in [1.29, 1.82) is 0 Å². The van der Waals surface area contributed by atoms with E-state index < -0.39 is 0 Å². The van der Waals surface area contributed by atoms with Gasteiger partial charge in [0.1, 0.15) is 0 Å². The molecule has 1 heterocycles. The second-order valence-corrected chi connectivity index (χ2v) is 3.69. The SMILES string of the molecule is CN(CS)Cc1ccc2nc[nH]c2c1. The lowest BCUT2D eigenvalue weighted by atomic mass is 10.2. The van der Waals surface area contributed by atoms with Crippen LogP contribution in [0.5, 0.6) is 0 Å². The number of hydrogen-bond donors (Lipinski definition) is 2. The number of aromatic amines is 1. The first-order valence-electron chi connectivity index (χ1n) is 4.51. The van der Waals surface area contributed by atoms with Gasteiger partial charge >= 0.3 is 0 Å². The lowest BCUT2D eigenvalue weighted by Crippen LogP contribution is -2.15. The van der Waals surface area contributed by atoms with Crippen molar-refractivity contribution in [2.45, 2.75) is 6.54 Å². The fourth-order valence-corrected chi connectivity index (χ4v) is 1.54. The molecule has 0 unspecified atom stereocenters. The van der Waals surface area contributed by atoms with Gasteiger partial charge in [0, 0.05) is 12.4 Å². The van der Waals surface area contributed by atoms with Crippen molar-refractivity contribution in [2.75, 3.05) is 12.9 Å². The van der Waals surface area contributed by atoms with Crippen LogP contribution < -0.4 is 0 Å². The molecule has 0 spiro atoms. The Morgan fingerprint density at radius 1 is 1.50 bits per heavy atom. The van der Waals surface area contributed by atoms with Gasteiger partial charge in [-0.1, -0.05) is 6.07 Å². The first-order valence-corrected chi connectivity index (χ1v) is 5.14. The predicted molar refractivity (Wildman–Crippen MR) is 61.4 cm³/mol. The van der Waals surface area contributed by atoms with E-state index in [1.165, 1.54) is 5.56 Å². The molecule has 0 bridgehead atoms. The average molecular weight is 207 g/mol. The molecule has 0 amide bonds. The summed E-state index contributed by atoms with van der Waals surface area (Å²) in [5.74, 6) is 0.765. The van der Waals surface area contributed by atoms with Crippen LogP contribution in [-0.2, 0) is 6.54 Å². The van der Waals surface area contributed by atoms with Crippen LogP contribution >= 0.6 is 12.6 Å². The molecule has 1 aromatic heterocycles. The van der Waals surface area contributed by atoms with Crippen molar-refractivity contribution < 1.29 is 0 Å². The first-order chi connectivity index (χ1) is 6.79. The third kappa shape index (κ3) is 1.91. The molecule has 0 fully saturated rings. The molecule has 0 atom stereocenters. The van der Waals surface area contributed by atoms with Gasteiger partial charge in [0.15, 0.2) is 0 Å². The summed E-state index contributed by atoms with van der Waals surface area (Å²) in [6.45, 7) is 0.915. The summed E-state index contributed by atoms with van der Waals surface area (Å²) in [5, 5.41) is 0. The second kappa shape index (κ2) is 4.02. The Kier molecular flexibility index (Phi) is 2.74. The molecule has 3 nitrogen and oxygen atoms in total. The number of benzene rings is 1. The molecule has 0 aliphatic heterocycles. The molecule has 0 saturated carbocycles. The summed E-state index contributed by atoms with van der Waals surface area (Å²) in [6.07, 6.45) is 1.72. The highest BCUT2D eigenvalue weighted by Crippen LogP contribution is 2.12. The fraction of sp³-hybridized carbons (Fsp3) is 0.300. The second-order valence-electron chi connectivity index (χ2n) is 3.41. The van der Waals surface area contributed by atoms with Gasteiger partial charge in [0.05, 0.1) is 17.4 Å². The van der Waals surface area contributed by atoms with Gasteiger partial charge < -0.3 is 4.98 Å². The number of imidazole rings is 1. The van der Waals surface area contributed by atoms with E-state index in [9.17, 15) is 0 Å². The predicted octanol–water partition coefficient (Wildman–Crippen LogP) is 1.88. The smallest absolute Gasteiger partial charge is 0.0931 e. The summed E-state index contributed by atoms with van der Waals surface area (Å²) >= 11 is 4.21. The third-order valence-electron chi connectivity index (χ3n) is 2.18. The number of nitrogens with one attached hydrogen (secondary N) is 1. The number of aromatic nitrogens is 2. The summed E-state index contributed by atoms with van der Waals surface area (Å²) in [6, 6.07) is 6.26. The van der Waals surface area contributed by atoms with Crippen molar-refractivity contribution in [3.05, 3.63) is 30.1 Å². The van der Waals surface area contributed by atoms with Crippen LogP contribution in [0.2, 0.25) is 0 Å². The Bertz CT molecular complexity index is 424. The topological polar surface area (TPSA) is 31.9 Å². The average Bonchev–Trinajstić information content (AvgIpc) is 2.64. The molecule has 1 N–H and O–H groups in total. The van der Waals surface area contributed by atoms with Crippen molar-refractivity contribution in [3.8, 4) is 0 Å². The van der Waals surface area contributed by atoms with Crippen LogP contribution in [0, 0.1) is 0 Å². The highest BCUT2D eigenvalue weighted by molar-refractivity contribution is 7.80. The van der Waals surface area contributed by atoms with Gasteiger partial charge in [-0.2, -0.15) is 12.6 Å². The van der Waals surface area contributed by atoms with E-state index in [-0.39, 0.29) is 0 Å². The van der Waals surface area contributed by atoms with Crippen LogP contribution in [-0.4, -0.2) is 27.8 Å². The minimum Gasteiger partial charge on any atom is -0.345 e. The van der Waals surface area contributed by atoms with Crippen molar-refractivity contribution in [3.63, 3.8) is 0 Å². The minimum atomic E-state index is 0.765. The maximum atomic E-state index is 4.21. The summed E-state index contributed by atoms with van der Waals surface area (Å²) in [5.41, 5.74) is 3.38. The molecule has 0 aliphatic carbocycles. The van der Waals surface area contributed by atoms with Crippen LogP contribution in [0.1, 0.15) is 5.56 Å². The molecule has 0 saturated heterocycles. The van der Waals surface area contributed by atoms with E-state index in [2.05, 4.69) is 39.6 Å². The number of H-pyrrole nitrogens is 1. The van der Waals surface area contributed by atoms with Gasteiger partial charge in [0.2, 0.25) is 0 Å². The van der Waals surface area contributed by atoms with E-state index in [1.54, 1.807) is 6.33 Å². The molecule has 2 aromatic rings. The largest absolute Gasteiger partial charge is 0.345 e. The standard InChI is InChI=1S/C10H13N3S/c1-13(7-14)5-8-2-3-9-10(4-8)12-6-11-9/h2-4,6,14H,5,7H2,1H3,(H,11,12). The molecular formula is C10H13N3S. The summed E-state index contributed by atoms with van der Waals surface area (Å²) in [7, 11) is 2.05. The number of thiol groups is 1. The third-order valence-corrected chi connectivity index (χ3v) is 2.66. The monoisotopic (exact) mass is 207 g/mol. The van der Waals surface area contributed by atoms with Crippen LogP contribution in [0.3, 0.4) is 0 Å². The molecule has 1 aromatic carbocycles. The normalized spacial score (nSPS) is 11.4. The zero-order valence-corrected chi connectivity index (χ0v) is 8.96. The Balaban J connectivity index is 2.25. The van der Waals surface area contributed by atoms with Crippen LogP contribution in [0.25, 0.3) is 11.0 Å². The number of hydrogen-bond acceptors (Lipinski definition) is 3. The van der Waals surface area contributed by atoms with Crippen LogP contribution in [0.15, 0.2) is 24.5 Å². The lowest BCUT2D eigenvalue weighted by molar-refractivity contribution is 0.388. The van der Waals surface area contributed by atoms with Gasteiger partial charge in [0.25, 0.3) is 0 Å². The highest BCUT2D eigenvalue weighted by Gasteiger charge is 2.00. The molecule has 14 heavy (non-hydrogen) atoms. The molecular weight excluding hydrogens is 194 g/mol. The van der Waals surface area contributed by atoms with Gasteiger partial charge in [-0.3, -0.25) is 4.90 Å². The Morgan fingerprint density at radius 2 is 2.36 bits per heavy atom. The van der Waals surface area contributed by atoms with Crippen molar-refractivity contribution >= 4 is 23.7 Å². The van der Waals surface area contributed by atoms with E-state index in [4.69, 9.17) is 0 Å². The van der Waals surface area contributed by atoms with E-state index in [0.29, 0.717) is 0 Å².